The molecule has 1 aliphatic heterocycles. The lowest BCUT2D eigenvalue weighted by Gasteiger charge is -2.28. The van der Waals surface area contributed by atoms with Gasteiger partial charge in [-0.25, -0.2) is 4.79 Å². The van der Waals surface area contributed by atoms with Crippen LogP contribution in [0, 0.1) is 13.8 Å². The van der Waals surface area contributed by atoms with Gasteiger partial charge in [0.2, 0.25) is 0 Å². The highest BCUT2D eigenvalue weighted by atomic mass is 16.4. The maximum Gasteiger partial charge on any atom is 0.336 e. The number of nitrogens with zero attached hydrogens (tertiary/aromatic N) is 2. The van der Waals surface area contributed by atoms with Crippen LogP contribution < -0.4 is 0 Å². The molecule has 0 bridgehead atoms. The van der Waals surface area contributed by atoms with Crippen molar-refractivity contribution in [2.24, 2.45) is 0 Å². The third-order valence-electron chi connectivity index (χ3n) is 4.32. The third-order valence-corrected chi connectivity index (χ3v) is 4.32. The largest absolute Gasteiger partial charge is 0.478 e. The summed E-state index contributed by atoms with van der Waals surface area (Å²) in [7, 11) is 0. The van der Waals surface area contributed by atoms with E-state index in [1.54, 1.807) is 0 Å². The molecule has 1 N–H and O–H groups in total. The zero-order valence-corrected chi connectivity index (χ0v) is 12.7. The Hall–Kier alpha value is -1.94. The lowest BCUT2D eigenvalue weighted by Crippen LogP contribution is -2.32. The Balaban J connectivity index is 2.35. The highest BCUT2D eigenvalue weighted by molar-refractivity contribution is 6.05. The van der Waals surface area contributed by atoms with Crippen molar-refractivity contribution in [3.63, 3.8) is 0 Å². The average molecular weight is 284 g/mol. The number of hydrogen-bond acceptors (Lipinski definition) is 3. The molecule has 2 heterocycles. The monoisotopic (exact) mass is 284 g/mol. The number of hydrogen-bond donors (Lipinski definition) is 1. The molecule has 1 aromatic heterocycles. The Morgan fingerprint density at radius 2 is 2.14 bits per heavy atom. The zero-order valence-electron chi connectivity index (χ0n) is 12.7. The SMILES string of the molecule is CCN1CCc2nc3c(C)cc(C)cc3c(C(=O)O)c2C1. The zero-order chi connectivity index (χ0) is 15.1. The second-order valence-corrected chi connectivity index (χ2v) is 5.81. The van der Waals surface area contributed by atoms with E-state index in [0.717, 1.165) is 52.8 Å². The number of aromatic nitrogens is 1. The van der Waals surface area contributed by atoms with Crippen molar-refractivity contribution >= 4 is 16.9 Å². The van der Waals surface area contributed by atoms with E-state index in [9.17, 15) is 9.90 Å². The molecule has 21 heavy (non-hydrogen) atoms. The van der Waals surface area contributed by atoms with Gasteiger partial charge >= 0.3 is 5.97 Å². The number of pyridine rings is 1. The summed E-state index contributed by atoms with van der Waals surface area (Å²) in [5.74, 6) is -0.846. The maximum atomic E-state index is 11.9. The van der Waals surface area contributed by atoms with Crippen molar-refractivity contribution in [2.75, 3.05) is 13.1 Å². The minimum absolute atomic E-state index is 0.444. The lowest BCUT2D eigenvalue weighted by atomic mass is 9.93. The van der Waals surface area contributed by atoms with Gasteiger partial charge < -0.3 is 5.11 Å². The molecule has 0 saturated heterocycles. The van der Waals surface area contributed by atoms with Crippen LogP contribution in [0.3, 0.4) is 0 Å². The summed E-state index contributed by atoms with van der Waals surface area (Å²) in [4.78, 5) is 18.9. The van der Waals surface area contributed by atoms with Crippen LogP contribution in [-0.2, 0) is 13.0 Å². The lowest BCUT2D eigenvalue weighted by molar-refractivity contribution is 0.0695. The fourth-order valence-electron chi connectivity index (χ4n) is 3.27. The summed E-state index contributed by atoms with van der Waals surface area (Å²) in [6, 6.07) is 4.01. The number of benzene rings is 1. The van der Waals surface area contributed by atoms with Crippen LogP contribution in [0.2, 0.25) is 0 Å². The highest BCUT2D eigenvalue weighted by Gasteiger charge is 2.25. The summed E-state index contributed by atoms with van der Waals surface area (Å²) in [5, 5.41) is 10.5. The van der Waals surface area contributed by atoms with E-state index in [0.29, 0.717) is 12.1 Å². The standard InChI is InChI=1S/C17H20N2O2/c1-4-19-6-5-14-13(9-19)15(17(20)21)12-8-10(2)7-11(3)16(12)18-14/h7-8H,4-6,9H2,1-3H3,(H,20,21). The fraction of sp³-hybridized carbons (Fsp3) is 0.412. The first-order valence-electron chi connectivity index (χ1n) is 7.39. The van der Waals surface area contributed by atoms with Gasteiger partial charge in [-0.3, -0.25) is 9.88 Å². The van der Waals surface area contributed by atoms with Crippen molar-refractivity contribution in [2.45, 2.75) is 33.7 Å². The number of carboxylic acid groups (broad SMARTS) is 1. The molecule has 2 aromatic rings. The van der Waals surface area contributed by atoms with E-state index in [4.69, 9.17) is 4.98 Å². The second-order valence-electron chi connectivity index (χ2n) is 5.81. The summed E-state index contributed by atoms with van der Waals surface area (Å²) < 4.78 is 0. The first-order chi connectivity index (χ1) is 10.0. The van der Waals surface area contributed by atoms with Gasteiger partial charge in [-0.1, -0.05) is 18.6 Å². The fourth-order valence-corrected chi connectivity index (χ4v) is 3.27. The number of rotatable bonds is 2. The van der Waals surface area contributed by atoms with Gasteiger partial charge in [0.15, 0.2) is 0 Å². The van der Waals surface area contributed by atoms with E-state index in [1.807, 2.05) is 19.9 Å². The molecule has 4 nitrogen and oxygen atoms in total. The number of aryl methyl sites for hydroxylation is 2. The number of carboxylic acids is 1. The van der Waals surface area contributed by atoms with E-state index in [-0.39, 0.29) is 0 Å². The van der Waals surface area contributed by atoms with Crippen molar-refractivity contribution in [3.8, 4) is 0 Å². The van der Waals surface area contributed by atoms with Gasteiger partial charge in [0.1, 0.15) is 0 Å². The van der Waals surface area contributed by atoms with Gasteiger partial charge in [-0.05, 0) is 32.0 Å². The molecule has 0 unspecified atom stereocenters. The summed E-state index contributed by atoms with van der Waals surface area (Å²) in [6.45, 7) is 8.67. The molecule has 0 spiro atoms. The summed E-state index contributed by atoms with van der Waals surface area (Å²) in [5.41, 5.74) is 5.26. The predicted octanol–water partition coefficient (Wildman–Crippen LogP) is 2.93. The molecular formula is C17H20N2O2. The van der Waals surface area contributed by atoms with Crippen molar-refractivity contribution in [3.05, 3.63) is 40.1 Å². The van der Waals surface area contributed by atoms with Gasteiger partial charge in [0, 0.05) is 36.2 Å². The predicted molar refractivity (Wildman–Crippen MR) is 82.8 cm³/mol. The van der Waals surface area contributed by atoms with E-state index in [1.165, 1.54) is 0 Å². The second kappa shape index (κ2) is 5.11. The first kappa shape index (κ1) is 14.0. The molecule has 0 aliphatic carbocycles. The molecule has 0 fully saturated rings. The van der Waals surface area contributed by atoms with Gasteiger partial charge in [-0.15, -0.1) is 0 Å². The molecule has 3 rings (SSSR count). The molecular weight excluding hydrogens is 264 g/mol. The van der Waals surface area contributed by atoms with Gasteiger partial charge in [0.25, 0.3) is 0 Å². The molecule has 1 aliphatic rings. The quantitative estimate of drug-likeness (QED) is 0.921. The van der Waals surface area contributed by atoms with Gasteiger partial charge in [-0.2, -0.15) is 0 Å². The van der Waals surface area contributed by atoms with E-state index >= 15 is 0 Å². The Morgan fingerprint density at radius 3 is 2.81 bits per heavy atom. The van der Waals surface area contributed by atoms with Crippen LogP contribution in [0.25, 0.3) is 10.9 Å². The number of aromatic carboxylic acids is 1. The molecule has 0 amide bonds. The van der Waals surface area contributed by atoms with Crippen LogP contribution in [0.4, 0.5) is 0 Å². The van der Waals surface area contributed by atoms with Gasteiger partial charge in [0.05, 0.1) is 11.1 Å². The highest BCUT2D eigenvalue weighted by Crippen LogP contribution is 2.30. The Morgan fingerprint density at radius 1 is 1.38 bits per heavy atom. The molecule has 0 atom stereocenters. The Bertz CT molecular complexity index is 737. The molecule has 110 valence electrons. The normalized spacial score (nSPS) is 15.2. The average Bonchev–Trinajstić information content (AvgIpc) is 2.44. The Labute approximate surface area is 124 Å². The molecule has 4 heteroatoms. The number of carbonyl (C=O) groups is 1. The minimum Gasteiger partial charge on any atom is -0.478 e. The smallest absolute Gasteiger partial charge is 0.336 e. The van der Waals surface area contributed by atoms with Crippen LogP contribution >= 0.6 is 0 Å². The van der Waals surface area contributed by atoms with Crippen LogP contribution in [0.1, 0.15) is 39.7 Å². The van der Waals surface area contributed by atoms with Crippen LogP contribution in [0.15, 0.2) is 12.1 Å². The van der Waals surface area contributed by atoms with Crippen molar-refractivity contribution < 1.29 is 9.90 Å². The molecule has 1 aromatic carbocycles. The number of likely N-dealkylation sites (N-methyl/N-ethyl adjacent to an activating group) is 1. The van der Waals surface area contributed by atoms with Crippen molar-refractivity contribution in [1.82, 2.24) is 9.88 Å². The number of fused-ring (bicyclic) bond motifs is 2. The van der Waals surface area contributed by atoms with Crippen LogP contribution in [-0.4, -0.2) is 34.0 Å². The Kier molecular flexibility index (Phi) is 3.41. The maximum absolute atomic E-state index is 11.9. The topological polar surface area (TPSA) is 53.4 Å². The first-order valence-corrected chi connectivity index (χ1v) is 7.39. The summed E-state index contributed by atoms with van der Waals surface area (Å²) >= 11 is 0. The van der Waals surface area contributed by atoms with E-state index in [2.05, 4.69) is 17.9 Å². The molecule has 0 radical (unpaired) electrons. The van der Waals surface area contributed by atoms with Crippen LogP contribution in [0.5, 0.6) is 0 Å². The van der Waals surface area contributed by atoms with E-state index < -0.39 is 5.97 Å². The third kappa shape index (κ3) is 2.29. The minimum atomic E-state index is -0.846. The summed E-state index contributed by atoms with van der Waals surface area (Å²) in [6.07, 6.45) is 0.826. The van der Waals surface area contributed by atoms with Crippen molar-refractivity contribution in [1.29, 1.82) is 0 Å². The molecule has 0 saturated carbocycles.